The van der Waals surface area contributed by atoms with Crippen LogP contribution in [0.1, 0.15) is 13.8 Å². The van der Waals surface area contributed by atoms with Gasteiger partial charge in [-0.1, -0.05) is 13.8 Å². The Bertz CT molecular complexity index is 126. The van der Waals surface area contributed by atoms with E-state index in [1.807, 2.05) is 0 Å². The van der Waals surface area contributed by atoms with Gasteiger partial charge in [-0.3, -0.25) is 4.90 Å². The van der Waals surface area contributed by atoms with Crippen molar-refractivity contribution in [3.05, 3.63) is 0 Å². The fraction of sp³-hybridized carbons (Fsp3) is 1.00. The molecule has 1 rings (SSSR count). The summed E-state index contributed by atoms with van der Waals surface area (Å²) in [6.45, 7) is 8.70. The van der Waals surface area contributed by atoms with Crippen molar-refractivity contribution in [2.24, 2.45) is 0 Å². The molecule has 1 N–H and O–H groups in total. The van der Waals surface area contributed by atoms with Gasteiger partial charge in [0.15, 0.2) is 0 Å². The second-order valence-electron chi connectivity index (χ2n) is 3.22. The van der Waals surface area contributed by atoms with E-state index in [0.29, 0.717) is 12.1 Å². The molecule has 1 aliphatic heterocycles. The van der Waals surface area contributed by atoms with E-state index in [0.717, 1.165) is 26.2 Å². The van der Waals surface area contributed by atoms with Gasteiger partial charge in [-0.15, -0.1) is 0 Å². The highest BCUT2D eigenvalue weighted by Gasteiger charge is 2.30. The highest BCUT2D eigenvalue weighted by molar-refractivity contribution is 4.88. The van der Waals surface area contributed by atoms with Crippen LogP contribution in [0.5, 0.6) is 0 Å². The topological polar surface area (TPSA) is 24.5 Å². The minimum absolute atomic E-state index is 0.380. The molecule has 0 aromatic rings. The van der Waals surface area contributed by atoms with Crippen molar-refractivity contribution in [3.63, 3.8) is 0 Å². The zero-order valence-corrected chi connectivity index (χ0v) is 8.34. The lowest BCUT2D eigenvalue weighted by Gasteiger charge is -2.29. The normalized spacial score (nSPS) is 30.0. The molecule has 0 spiro atoms. The van der Waals surface area contributed by atoms with Crippen LogP contribution in [0.25, 0.3) is 0 Å². The highest BCUT2D eigenvalue weighted by atomic mass is 16.5. The van der Waals surface area contributed by atoms with Gasteiger partial charge in [-0.2, -0.15) is 0 Å². The van der Waals surface area contributed by atoms with E-state index < -0.39 is 0 Å². The van der Waals surface area contributed by atoms with Gasteiger partial charge in [0.25, 0.3) is 0 Å². The Hall–Kier alpha value is -0.120. The van der Waals surface area contributed by atoms with Crippen LogP contribution in [0.4, 0.5) is 0 Å². The molecular weight excluding hydrogens is 152 g/mol. The largest absolute Gasteiger partial charge is 0.378 e. The Balaban J connectivity index is 2.47. The minimum Gasteiger partial charge on any atom is -0.378 e. The molecule has 3 heteroatoms. The quantitative estimate of drug-likeness (QED) is 0.661. The van der Waals surface area contributed by atoms with Crippen molar-refractivity contribution in [1.82, 2.24) is 10.2 Å². The predicted octanol–water partition coefficient (Wildman–Crippen LogP) is 0.315. The van der Waals surface area contributed by atoms with Crippen LogP contribution in [-0.2, 0) is 4.74 Å². The Labute approximate surface area is 75.1 Å². The van der Waals surface area contributed by atoms with Crippen molar-refractivity contribution >= 4 is 0 Å². The number of hydrogen-bond donors (Lipinski definition) is 1. The average molecular weight is 172 g/mol. The molecule has 3 nitrogen and oxygen atoms in total. The molecule has 1 saturated heterocycles. The zero-order valence-electron chi connectivity index (χ0n) is 8.34. The Kier molecular flexibility index (Phi) is 3.98. The maximum Gasteiger partial charge on any atom is 0.0862 e. The molecule has 1 fully saturated rings. The Morgan fingerprint density at radius 2 is 2.00 bits per heavy atom. The van der Waals surface area contributed by atoms with E-state index in [2.05, 4.69) is 24.1 Å². The van der Waals surface area contributed by atoms with Crippen molar-refractivity contribution in [2.45, 2.75) is 26.0 Å². The van der Waals surface area contributed by atoms with Crippen LogP contribution in [-0.4, -0.2) is 50.3 Å². The van der Waals surface area contributed by atoms with E-state index in [1.54, 1.807) is 7.11 Å². The van der Waals surface area contributed by atoms with Crippen molar-refractivity contribution in [3.8, 4) is 0 Å². The van der Waals surface area contributed by atoms with Crippen molar-refractivity contribution in [1.29, 1.82) is 0 Å². The number of hydrogen-bond acceptors (Lipinski definition) is 3. The molecule has 12 heavy (non-hydrogen) atoms. The summed E-state index contributed by atoms with van der Waals surface area (Å²) in [6, 6.07) is 0.574. The summed E-state index contributed by atoms with van der Waals surface area (Å²) in [7, 11) is 1.80. The Morgan fingerprint density at radius 3 is 2.50 bits per heavy atom. The van der Waals surface area contributed by atoms with Crippen LogP contribution >= 0.6 is 0 Å². The lowest BCUT2D eigenvalue weighted by Crippen LogP contribution is -2.43. The lowest BCUT2D eigenvalue weighted by molar-refractivity contribution is 0.0482. The molecule has 2 unspecified atom stereocenters. The van der Waals surface area contributed by atoms with Crippen LogP contribution in [0.2, 0.25) is 0 Å². The molecule has 1 heterocycles. The predicted molar refractivity (Wildman–Crippen MR) is 50.4 cm³/mol. The maximum atomic E-state index is 5.40. The first-order valence-corrected chi connectivity index (χ1v) is 4.81. The van der Waals surface area contributed by atoms with Gasteiger partial charge in [0, 0.05) is 26.2 Å². The summed E-state index contributed by atoms with van der Waals surface area (Å²) in [6.07, 6.45) is 0.380. The SMILES string of the molecule is CCN(CC)C1CNCC1OC. The van der Waals surface area contributed by atoms with Crippen LogP contribution < -0.4 is 5.32 Å². The van der Waals surface area contributed by atoms with Gasteiger partial charge in [-0.05, 0) is 13.1 Å². The second kappa shape index (κ2) is 4.80. The van der Waals surface area contributed by atoms with E-state index in [9.17, 15) is 0 Å². The molecule has 2 atom stereocenters. The Morgan fingerprint density at radius 1 is 1.33 bits per heavy atom. The van der Waals surface area contributed by atoms with Crippen LogP contribution in [0, 0.1) is 0 Å². The third kappa shape index (κ3) is 1.97. The molecule has 0 aromatic heterocycles. The average Bonchev–Trinajstić information content (AvgIpc) is 2.55. The molecule has 0 aliphatic carbocycles. The number of ether oxygens (including phenoxy) is 1. The molecule has 0 amide bonds. The first kappa shape index (κ1) is 9.96. The first-order chi connectivity index (χ1) is 5.83. The third-order valence-electron chi connectivity index (χ3n) is 2.71. The third-order valence-corrected chi connectivity index (χ3v) is 2.71. The fourth-order valence-electron chi connectivity index (χ4n) is 1.94. The van der Waals surface area contributed by atoms with Gasteiger partial charge in [0.05, 0.1) is 6.10 Å². The van der Waals surface area contributed by atoms with Crippen LogP contribution in [0.15, 0.2) is 0 Å². The molecule has 0 saturated carbocycles. The standard InChI is InChI=1S/C9H20N2O/c1-4-11(5-2)8-6-10-7-9(8)12-3/h8-10H,4-7H2,1-3H3. The monoisotopic (exact) mass is 172 g/mol. The number of methoxy groups -OCH3 is 1. The highest BCUT2D eigenvalue weighted by Crippen LogP contribution is 2.11. The summed E-state index contributed by atoms with van der Waals surface area (Å²) < 4.78 is 5.40. The minimum atomic E-state index is 0.380. The first-order valence-electron chi connectivity index (χ1n) is 4.81. The number of likely N-dealkylation sites (N-methyl/N-ethyl adjacent to an activating group) is 1. The van der Waals surface area contributed by atoms with E-state index in [4.69, 9.17) is 4.74 Å². The van der Waals surface area contributed by atoms with Gasteiger partial charge >= 0.3 is 0 Å². The smallest absolute Gasteiger partial charge is 0.0862 e. The molecule has 0 aromatic carbocycles. The van der Waals surface area contributed by atoms with Crippen molar-refractivity contribution < 1.29 is 4.74 Å². The summed E-state index contributed by atoms with van der Waals surface area (Å²) in [5.74, 6) is 0. The molecule has 0 bridgehead atoms. The second-order valence-corrected chi connectivity index (χ2v) is 3.22. The van der Waals surface area contributed by atoms with E-state index in [1.165, 1.54) is 0 Å². The van der Waals surface area contributed by atoms with Gasteiger partial charge in [-0.25, -0.2) is 0 Å². The lowest BCUT2D eigenvalue weighted by atomic mass is 10.2. The maximum absolute atomic E-state index is 5.40. The summed E-state index contributed by atoms with van der Waals surface area (Å²) in [4.78, 5) is 2.45. The molecular formula is C9H20N2O. The fourth-order valence-corrected chi connectivity index (χ4v) is 1.94. The van der Waals surface area contributed by atoms with Gasteiger partial charge in [0.2, 0.25) is 0 Å². The summed E-state index contributed by atoms with van der Waals surface area (Å²) in [5, 5.41) is 3.36. The molecule has 72 valence electrons. The van der Waals surface area contributed by atoms with Gasteiger partial charge < -0.3 is 10.1 Å². The van der Waals surface area contributed by atoms with Crippen LogP contribution in [0.3, 0.4) is 0 Å². The van der Waals surface area contributed by atoms with E-state index >= 15 is 0 Å². The number of nitrogens with one attached hydrogen (secondary N) is 1. The molecule has 1 aliphatic rings. The van der Waals surface area contributed by atoms with Crippen molar-refractivity contribution in [2.75, 3.05) is 33.3 Å². The van der Waals surface area contributed by atoms with Gasteiger partial charge in [0.1, 0.15) is 0 Å². The molecule has 0 radical (unpaired) electrons. The summed E-state index contributed by atoms with van der Waals surface area (Å²) in [5.41, 5.74) is 0. The van der Waals surface area contributed by atoms with E-state index in [-0.39, 0.29) is 0 Å². The summed E-state index contributed by atoms with van der Waals surface area (Å²) >= 11 is 0. The number of nitrogens with zero attached hydrogens (tertiary/aromatic N) is 1. The zero-order chi connectivity index (χ0) is 8.97. The number of rotatable bonds is 4.